The van der Waals surface area contributed by atoms with E-state index in [1.54, 1.807) is 7.11 Å². The molecule has 5 heteroatoms. The first-order valence-corrected chi connectivity index (χ1v) is 5.36. The van der Waals surface area contributed by atoms with Gasteiger partial charge in [-0.1, -0.05) is 6.92 Å². The molecular weight excluding hydrogens is 225 g/mol. The highest BCUT2D eigenvalue weighted by molar-refractivity contribution is 5.96. The molecule has 1 atom stereocenters. The van der Waals surface area contributed by atoms with Crippen molar-refractivity contribution in [3.63, 3.8) is 0 Å². The summed E-state index contributed by atoms with van der Waals surface area (Å²) in [5, 5.41) is 12.1. The second-order valence-corrected chi connectivity index (χ2v) is 3.70. The summed E-state index contributed by atoms with van der Waals surface area (Å²) in [5.41, 5.74) is 0.0564. The highest BCUT2D eigenvalue weighted by Gasteiger charge is 2.15. The number of methoxy groups -OCH3 is 1. The number of carbonyl (C=O) groups excluding carboxylic acids is 1. The number of ether oxygens (including phenoxy) is 1. The van der Waals surface area contributed by atoms with Gasteiger partial charge in [0, 0.05) is 13.2 Å². The van der Waals surface area contributed by atoms with Gasteiger partial charge >= 0.3 is 0 Å². The number of phenols is 1. The molecule has 2 N–H and O–H groups in total. The Hall–Kier alpha value is -1.62. The van der Waals surface area contributed by atoms with Crippen LogP contribution in [0.4, 0.5) is 4.39 Å². The Bertz CT molecular complexity index is 395. The average Bonchev–Trinajstić information content (AvgIpc) is 2.28. The summed E-state index contributed by atoms with van der Waals surface area (Å²) < 4.78 is 17.7. The Morgan fingerprint density at radius 3 is 2.82 bits per heavy atom. The fourth-order valence-corrected chi connectivity index (χ4v) is 1.42. The number of hydrogen-bond donors (Lipinski definition) is 2. The summed E-state index contributed by atoms with van der Waals surface area (Å²) in [5.74, 6) is -1.39. The molecule has 0 bridgehead atoms. The van der Waals surface area contributed by atoms with Crippen molar-refractivity contribution in [3.8, 4) is 5.75 Å². The zero-order chi connectivity index (χ0) is 12.8. The first-order chi connectivity index (χ1) is 8.08. The number of hydrogen-bond acceptors (Lipinski definition) is 3. The molecule has 1 unspecified atom stereocenters. The molecule has 0 saturated carbocycles. The molecule has 1 rings (SSSR count). The van der Waals surface area contributed by atoms with Crippen LogP contribution in [0, 0.1) is 5.82 Å². The second-order valence-electron chi connectivity index (χ2n) is 3.70. The van der Waals surface area contributed by atoms with Crippen LogP contribution in [0.15, 0.2) is 18.2 Å². The predicted octanol–water partition coefficient (Wildman–Crippen LogP) is 1.69. The van der Waals surface area contributed by atoms with Gasteiger partial charge in [-0.15, -0.1) is 0 Å². The molecule has 94 valence electrons. The Kier molecular flexibility index (Phi) is 4.90. The van der Waals surface area contributed by atoms with Gasteiger partial charge in [0.1, 0.15) is 11.6 Å². The van der Waals surface area contributed by atoms with E-state index >= 15 is 0 Å². The molecule has 0 saturated heterocycles. The van der Waals surface area contributed by atoms with Crippen molar-refractivity contribution in [3.05, 3.63) is 29.6 Å². The van der Waals surface area contributed by atoms with Crippen LogP contribution in [0.1, 0.15) is 23.7 Å². The molecule has 0 aromatic heterocycles. The molecule has 0 aliphatic heterocycles. The predicted molar refractivity (Wildman–Crippen MR) is 61.5 cm³/mol. The molecule has 0 spiro atoms. The maximum Gasteiger partial charge on any atom is 0.255 e. The lowest BCUT2D eigenvalue weighted by molar-refractivity contribution is 0.0892. The summed E-state index contributed by atoms with van der Waals surface area (Å²) >= 11 is 0. The quantitative estimate of drug-likeness (QED) is 0.824. The van der Waals surface area contributed by atoms with E-state index in [1.165, 1.54) is 6.07 Å². The van der Waals surface area contributed by atoms with E-state index in [-0.39, 0.29) is 17.4 Å². The van der Waals surface area contributed by atoms with Gasteiger partial charge in [-0.25, -0.2) is 4.39 Å². The Morgan fingerprint density at radius 1 is 1.59 bits per heavy atom. The number of phenolic OH excluding ortho intramolecular Hbond substituents is 1. The SMILES string of the molecule is CCC(COC)NC(=O)c1ccc(F)cc1O. The molecule has 0 fully saturated rings. The fraction of sp³-hybridized carbons (Fsp3) is 0.417. The van der Waals surface area contributed by atoms with Crippen LogP contribution in [-0.2, 0) is 4.74 Å². The van der Waals surface area contributed by atoms with Crippen molar-refractivity contribution in [2.45, 2.75) is 19.4 Å². The minimum atomic E-state index is -0.581. The number of aromatic hydroxyl groups is 1. The Morgan fingerprint density at radius 2 is 2.29 bits per heavy atom. The lowest BCUT2D eigenvalue weighted by Gasteiger charge is -2.16. The topological polar surface area (TPSA) is 58.6 Å². The van der Waals surface area contributed by atoms with E-state index in [4.69, 9.17) is 4.74 Å². The summed E-state index contributed by atoms with van der Waals surface area (Å²) in [7, 11) is 1.55. The highest BCUT2D eigenvalue weighted by Crippen LogP contribution is 2.18. The average molecular weight is 241 g/mol. The third-order valence-electron chi connectivity index (χ3n) is 2.40. The maximum absolute atomic E-state index is 12.7. The molecule has 4 nitrogen and oxygen atoms in total. The van der Waals surface area contributed by atoms with Crippen LogP contribution in [0.25, 0.3) is 0 Å². The molecule has 0 radical (unpaired) electrons. The van der Waals surface area contributed by atoms with Crippen molar-refractivity contribution in [1.82, 2.24) is 5.32 Å². The van der Waals surface area contributed by atoms with Crippen molar-refractivity contribution < 1.29 is 19.0 Å². The molecule has 0 heterocycles. The van der Waals surface area contributed by atoms with Gasteiger partial charge in [0.15, 0.2) is 0 Å². The van der Waals surface area contributed by atoms with Crippen LogP contribution < -0.4 is 5.32 Å². The van der Waals surface area contributed by atoms with Gasteiger partial charge in [-0.3, -0.25) is 4.79 Å². The molecule has 1 aromatic carbocycles. The van der Waals surface area contributed by atoms with Gasteiger partial charge in [0.05, 0.1) is 18.2 Å². The van der Waals surface area contributed by atoms with Crippen molar-refractivity contribution in [2.75, 3.05) is 13.7 Å². The second kappa shape index (κ2) is 6.20. The van der Waals surface area contributed by atoms with Crippen LogP contribution in [-0.4, -0.2) is 30.8 Å². The number of nitrogens with one attached hydrogen (secondary N) is 1. The monoisotopic (exact) mass is 241 g/mol. The molecule has 1 amide bonds. The third-order valence-corrected chi connectivity index (χ3v) is 2.40. The smallest absolute Gasteiger partial charge is 0.255 e. The number of halogens is 1. The molecule has 1 aromatic rings. The van der Waals surface area contributed by atoms with Gasteiger partial charge in [0.25, 0.3) is 5.91 Å². The van der Waals surface area contributed by atoms with Gasteiger partial charge in [-0.2, -0.15) is 0 Å². The summed E-state index contributed by atoms with van der Waals surface area (Å²) in [6.45, 7) is 2.30. The largest absolute Gasteiger partial charge is 0.507 e. The minimum Gasteiger partial charge on any atom is -0.507 e. The lowest BCUT2D eigenvalue weighted by Crippen LogP contribution is -2.37. The van der Waals surface area contributed by atoms with Gasteiger partial charge in [-0.05, 0) is 18.6 Å². The van der Waals surface area contributed by atoms with E-state index in [2.05, 4.69) is 5.32 Å². The number of amides is 1. The molecule has 0 aliphatic carbocycles. The van der Waals surface area contributed by atoms with Crippen molar-refractivity contribution >= 4 is 5.91 Å². The van der Waals surface area contributed by atoms with E-state index in [0.29, 0.717) is 13.0 Å². The Balaban J connectivity index is 2.75. The number of carbonyl (C=O) groups is 1. The lowest BCUT2D eigenvalue weighted by atomic mass is 10.1. The van der Waals surface area contributed by atoms with Crippen LogP contribution in [0.5, 0.6) is 5.75 Å². The summed E-state index contributed by atoms with van der Waals surface area (Å²) in [4.78, 5) is 11.8. The third kappa shape index (κ3) is 3.71. The van der Waals surface area contributed by atoms with E-state index < -0.39 is 11.7 Å². The number of benzene rings is 1. The molecule has 0 aliphatic rings. The first-order valence-electron chi connectivity index (χ1n) is 5.36. The maximum atomic E-state index is 12.7. The molecule has 17 heavy (non-hydrogen) atoms. The summed E-state index contributed by atoms with van der Waals surface area (Å²) in [6.07, 6.45) is 0.710. The van der Waals surface area contributed by atoms with E-state index in [1.807, 2.05) is 6.92 Å². The van der Waals surface area contributed by atoms with Gasteiger partial charge < -0.3 is 15.2 Å². The van der Waals surface area contributed by atoms with Gasteiger partial charge in [0.2, 0.25) is 0 Å². The highest BCUT2D eigenvalue weighted by atomic mass is 19.1. The standard InChI is InChI=1S/C12H16FNO3/c1-3-9(7-17-2)14-12(16)10-5-4-8(13)6-11(10)15/h4-6,9,15H,3,7H2,1-2H3,(H,14,16). The van der Waals surface area contributed by atoms with Crippen LogP contribution >= 0.6 is 0 Å². The van der Waals surface area contributed by atoms with Crippen LogP contribution in [0.2, 0.25) is 0 Å². The fourth-order valence-electron chi connectivity index (χ4n) is 1.42. The Labute approximate surface area is 99.4 Å². The minimum absolute atomic E-state index is 0.0564. The normalized spacial score (nSPS) is 12.2. The first kappa shape index (κ1) is 13.4. The van der Waals surface area contributed by atoms with Crippen molar-refractivity contribution in [2.24, 2.45) is 0 Å². The number of rotatable bonds is 5. The summed E-state index contributed by atoms with van der Waals surface area (Å²) in [6, 6.07) is 3.16. The van der Waals surface area contributed by atoms with E-state index in [0.717, 1.165) is 12.1 Å². The van der Waals surface area contributed by atoms with Crippen LogP contribution in [0.3, 0.4) is 0 Å². The van der Waals surface area contributed by atoms with E-state index in [9.17, 15) is 14.3 Å². The zero-order valence-corrected chi connectivity index (χ0v) is 9.87. The van der Waals surface area contributed by atoms with Crippen molar-refractivity contribution in [1.29, 1.82) is 0 Å². The molecular formula is C12H16FNO3. The zero-order valence-electron chi connectivity index (χ0n) is 9.87.